The van der Waals surface area contributed by atoms with E-state index >= 15 is 0 Å². The smallest absolute Gasteiger partial charge is 0.333 e. The van der Waals surface area contributed by atoms with Crippen LogP contribution in [-0.2, 0) is 4.84 Å². The zero-order valence-corrected chi connectivity index (χ0v) is 5.02. The molecule has 0 bridgehead atoms. The molecule has 1 rings (SSSR count). The highest BCUT2D eigenvalue weighted by molar-refractivity contribution is 5.71. The fourth-order valence-electron chi connectivity index (χ4n) is 0.417. The number of amides is 1. The van der Waals surface area contributed by atoms with Gasteiger partial charge in [-0.3, -0.25) is 10.3 Å². The van der Waals surface area contributed by atoms with Crippen molar-refractivity contribution in [3.63, 3.8) is 0 Å². The number of nitrogens with one attached hydrogen (secondary N) is 1. The van der Waals surface area contributed by atoms with E-state index in [4.69, 9.17) is 0 Å². The van der Waals surface area contributed by atoms with E-state index in [9.17, 15) is 4.79 Å². The van der Waals surface area contributed by atoms with Gasteiger partial charge in [0, 0.05) is 6.20 Å². The molecule has 6 nitrogen and oxygen atoms in total. The summed E-state index contributed by atoms with van der Waals surface area (Å²) in [6.45, 7) is 0. The SMILES string of the molecule is NC(=O)ON1N=CC=CN1. The van der Waals surface area contributed by atoms with Crippen molar-refractivity contribution in [1.82, 2.24) is 10.7 Å². The zero-order valence-electron chi connectivity index (χ0n) is 5.02. The summed E-state index contributed by atoms with van der Waals surface area (Å²) in [5, 5.41) is 4.41. The van der Waals surface area contributed by atoms with Crippen molar-refractivity contribution in [2.24, 2.45) is 10.8 Å². The number of hydrogen-bond donors (Lipinski definition) is 2. The van der Waals surface area contributed by atoms with Gasteiger partial charge in [-0.05, 0) is 11.4 Å². The molecule has 0 aliphatic carbocycles. The number of hydrazine groups is 1. The van der Waals surface area contributed by atoms with E-state index < -0.39 is 6.09 Å². The van der Waals surface area contributed by atoms with Crippen LogP contribution in [0.15, 0.2) is 17.4 Å². The number of nitrogens with two attached hydrogens (primary N) is 1. The lowest BCUT2D eigenvalue weighted by molar-refractivity contribution is -0.126. The molecule has 6 heteroatoms. The van der Waals surface area contributed by atoms with E-state index in [1.807, 2.05) is 0 Å². The Morgan fingerprint density at radius 3 is 3.10 bits per heavy atom. The molecule has 0 unspecified atom stereocenters. The molecule has 1 aliphatic rings. The second-order valence-corrected chi connectivity index (χ2v) is 1.44. The Balaban J connectivity index is 2.37. The molecule has 1 aliphatic heterocycles. The van der Waals surface area contributed by atoms with Crippen molar-refractivity contribution in [1.29, 1.82) is 0 Å². The number of primary amides is 1. The van der Waals surface area contributed by atoms with Crippen molar-refractivity contribution >= 4 is 12.3 Å². The van der Waals surface area contributed by atoms with Crippen molar-refractivity contribution in [2.75, 3.05) is 0 Å². The van der Waals surface area contributed by atoms with Crippen LogP contribution < -0.4 is 11.2 Å². The monoisotopic (exact) mass is 142 g/mol. The van der Waals surface area contributed by atoms with Crippen LogP contribution in [0.3, 0.4) is 0 Å². The summed E-state index contributed by atoms with van der Waals surface area (Å²) in [5.74, 6) is 0. The Kier molecular flexibility index (Phi) is 1.74. The van der Waals surface area contributed by atoms with Crippen LogP contribution in [0.4, 0.5) is 4.79 Å². The third-order valence-corrected chi connectivity index (χ3v) is 0.715. The summed E-state index contributed by atoms with van der Waals surface area (Å²) in [6, 6.07) is 0. The molecule has 0 aromatic heterocycles. The number of hydrogen-bond acceptors (Lipinski definition) is 5. The van der Waals surface area contributed by atoms with Crippen LogP contribution in [0.5, 0.6) is 0 Å². The molecule has 0 saturated heterocycles. The molecule has 0 atom stereocenters. The number of hydrazone groups is 1. The van der Waals surface area contributed by atoms with Crippen LogP contribution >= 0.6 is 0 Å². The van der Waals surface area contributed by atoms with Gasteiger partial charge in [0.1, 0.15) is 0 Å². The molecule has 0 fully saturated rings. The van der Waals surface area contributed by atoms with E-state index in [-0.39, 0.29) is 0 Å². The molecule has 0 spiro atoms. The van der Waals surface area contributed by atoms with Gasteiger partial charge in [0.2, 0.25) is 0 Å². The molecule has 3 N–H and O–H groups in total. The van der Waals surface area contributed by atoms with Gasteiger partial charge in [-0.25, -0.2) is 4.79 Å². The zero-order chi connectivity index (χ0) is 7.40. The van der Waals surface area contributed by atoms with Gasteiger partial charge in [-0.2, -0.15) is 0 Å². The lowest BCUT2D eigenvalue weighted by Crippen LogP contribution is -2.35. The number of allylic oxidation sites excluding steroid dienone is 1. The average Bonchev–Trinajstić information content (AvgIpc) is 1.88. The Morgan fingerprint density at radius 1 is 1.80 bits per heavy atom. The Labute approximate surface area is 56.9 Å². The normalized spacial score (nSPS) is 14.6. The van der Waals surface area contributed by atoms with Crippen LogP contribution in [-0.4, -0.2) is 17.6 Å². The van der Waals surface area contributed by atoms with Crippen LogP contribution in [0.1, 0.15) is 0 Å². The highest BCUT2D eigenvalue weighted by Gasteiger charge is 2.02. The maximum atomic E-state index is 10.1. The van der Waals surface area contributed by atoms with Crippen molar-refractivity contribution in [3.05, 3.63) is 12.3 Å². The summed E-state index contributed by atoms with van der Waals surface area (Å²) in [4.78, 5) is 14.4. The summed E-state index contributed by atoms with van der Waals surface area (Å²) < 4.78 is 0. The number of carbonyl (C=O) groups excluding carboxylic acids is 1. The maximum absolute atomic E-state index is 10.1. The van der Waals surface area contributed by atoms with Gasteiger partial charge in [0.25, 0.3) is 0 Å². The largest absolute Gasteiger partial charge is 0.431 e. The van der Waals surface area contributed by atoms with E-state index in [2.05, 4.69) is 21.1 Å². The van der Waals surface area contributed by atoms with Crippen LogP contribution in [0, 0.1) is 0 Å². The van der Waals surface area contributed by atoms with Crippen LogP contribution in [0.25, 0.3) is 0 Å². The Bertz CT molecular complexity index is 188. The molecule has 1 heterocycles. The lowest BCUT2D eigenvalue weighted by atomic mass is 10.7. The average molecular weight is 142 g/mol. The summed E-state index contributed by atoms with van der Waals surface area (Å²) in [7, 11) is 0. The number of carbonyl (C=O) groups is 1. The first-order chi connectivity index (χ1) is 4.79. The first-order valence-corrected chi connectivity index (χ1v) is 2.52. The van der Waals surface area contributed by atoms with Gasteiger partial charge in [-0.15, -0.1) is 5.10 Å². The van der Waals surface area contributed by atoms with Gasteiger partial charge < -0.3 is 5.73 Å². The number of nitrogens with zero attached hydrogens (tertiary/aromatic N) is 2. The minimum atomic E-state index is -0.917. The topological polar surface area (TPSA) is 80.0 Å². The van der Waals surface area contributed by atoms with Crippen molar-refractivity contribution < 1.29 is 9.63 Å². The molecular formula is C4H6N4O2. The second kappa shape index (κ2) is 2.72. The summed E-state index contributed by atoms with van der Waals surface area (Å²) >= 11 is 0. The van der Waals surface area contributed by atoms with E-state index in [0.29, 0.717) is 0 Å². The highest BCUT2D eigenvalue weighted by atomic mass is 16.8. The molecule has 0 aromatic carbocycles. The van der Waals surface area contributed by atoms with Gasteiger partial charge in [0.15, 0.2) is 0 Å². The predicted molar refractivity (Wildman–Crippen MR) is 33.3 cm³/mol. The molecule has 0 radical (unpaired) electrons. The predicted octanol–water partition coefficient (Wildman–Crippen LogP) is -0.684. The standard InChI is InChI=1S/C4H6N4O2/c5-4(9)10-8-6-2-1-3-7-8/h1-3,6H,(H2,5,9). The number of rotatable bonds is 1. The van der Waals surface area contributed by atoms with Crippen molar-refractivity contribution in [3.8, 4) is 0 Å². The Hall–Kier alpha value is -1.72. The lowest BCUT2D eigenvalue weighted by Gasteiger charge is -2.15. The second-order valence-electron chi connectivity index (χ2n) is 1.44. The van der Waals surface area contributed by atoms with E-state index in [0.717, 1.165) is 5.28 Å². The van der Waals surface area contributed by atoms with Crippen molar-refractivity contribution in [2.45, 2.75) is 0 Å². The minimum Gasteiger partial charge on any atom is -0.333 e. The van der Waals surface area contributed by atoms with E-state index in [1.54, 1.807) is 6.08 Å². The molecule has 0 saturated carbocycles. The summed E-state index contributed by atoms with van der Waals surface area (Å²) in [5.41, 5.74) is 7.16. The first kappa shape index (κ1) is 6.40. The Morgan fingerprint density at radius 2 is 2.60 bits per heavy atom. The minimum absolute atomic E-state index is 0.850. The molecule has 1 amide bonds. The molecule has 0 aromatic rings. The fourth-order valence-corrected chi connectivity index (χ4v) is 0.417. The fraction of sp³-hybridized carbons (Fsp3) is 0. The summed E-state index contributed by atoms with van der Waals surface area (Å²) in [6.07, 6.45) is 3.70. The molecule has 10 heavy (non-hydrogen) atoms. The first-order valence-electron chi connectivity index (χ1n) is 2.52. The van der Waals surface area contributed by atoms with Gasteiger partial charge in [-0.1, -0.05) is 0 Å². The van der Waals surface area contributed by atoms with E-state index in [1.165, 1.54) is 12.4 Å². The molecular weight excluding hydrogens is 136 g/mol. The van der Waals surface area contributed by atoms with Gasteiger partial charge >= 0.3 is 6.09 Å². The third kappa shape index (κ3) is 1.66. The highest BCUT2D eigenvalue weighted by Crippen LogP contribution is 1.89. The van der Waals surface area contributed by atoms with Crippen LogP contribution in [0.2, 0.25) is 0 Å². The molecule has 54 valence electrons. The van der Waals surface area contributed by atoms with Gasteiger partial charge in [0.05, 0.1) is 6.21 Å². The quantitative estimate of drug-likeness (QED) is 0.508. The third-order valence-electron chi connectivity index (χ3n) is 0.715. The maximum Gasteiger partial charge on any atom is 0.431 e.